The van der Waals surface area contributed by atoms with Crippen molar-refractivity contribution in [2.45, 2.75) is 58.5 Å². The molecule has 6 nitrogen and oxygen atoms in total. The molecule has 0 unspecified atom stereocenters. The highest BCUT2D eigenvalue weighted by Crippen LogP contribution is 2.23. The Labute approximate surface area is 172 Å². The number of aromatic nitrogens is 2. The zero-order chi connectivity index (χ0) is 20.1. The molecule has 0 saturated carbocycles. The summed E-state index contributed by atoms with van der Waals surface area (Å²) < 4.78 is 0. The van der Waals surface area contributed by atoms with E-state index in [0.717, 1.165) is 54.1 Å². The number of piperidine rings is 1. The highest BCUT2D eigenvalue weighted by Gasteiger charge is 2.21. The molecule has 28 heavy (non-hydrogen) atoms. The molecule has 2 N–H and O–H groups in total. The van der Waals surface area contributed by atoms with Crippen molar-refractivity contribution in [2.24, 2.45) is 4.99 Å². The molecule has 0 atom stereocenters. The van der Waals surface area contributed by atoms with E-state index < -0.39 is 0 Å². The third kappa shape index (κ3) is 5.44. The van der Waals surface area contributed by atoms with Crippen molar-refractivity contribution in [3.05, 3.63) is 40.0 Å². The van der Waals surface area contributed by atoms with E-state index >= 15 is 0 Å². The Balaban J connectivity index is 1.47. The van der Waals surface area contributed by atoms with Gasteiger partial charge in [-0.3, -0.25) is 4.99 Å². The Bertz CT molecular complexity index is 799. The fraction of sp³-hybridized carbons (Fsp3) is 0.571. The van der Waals surface area contributed by atoms with Crippen molar-refractivity contribution in [3.63, 3.8) is 0 Å². The van der Waals surface area contributed by atoms with Gasteiger partial charge in [0, 0.05) is 42.7 Å². The van der Waals surface area contributed by atoms with E-state index in [2.05, 4.69) is 63.8 Å². The average molecular weight is 401 g/mol. The number of nitrogens with one attached hydrogen (secondary N) is 2. The predicted molar refractivity (Wildman–Crippen MR) is 118 cm³/mol. The van der Waals surface area contributed by atoms with Gasteiger partial charge in [0.2, 0.25) is 0 Å². The highest BCUT2D eigenvalue weighted by molar-refractivity contribution is 7.09. The fourth-order valence-corrected chi connectivity index (χ4v) is 4.20. The molecule has 1 aliphatic heterocycles. The van der Waals surface area contributed by atoms with Gasteiger partial charge in [0.05, 0.1) is 12.2 Å². The second-order valence-electron chi connectivity index (χ2n) is 8.35. The normalized spacial score (nSPS) is 16.3. The van der Waals surface area contributed by atoms with Gasteiger partial charge in [-0.1, -0.05) is 26.8 Å². The van der Waals surface area contributed by atoms with Crippen LogP contribution < -0.4 is 15.5 Å². The van der Waals surface area contributed by atoms with Gasteiger partial charge < -0.3 is 15.5 Å². The van der Waals surface area contributed by atoms with Crippen LogP contribution >= 0.6 is 11.3 Å². The molecule has 0 amide bonds. The Kier molecular flexibility index (Phi) is 6.54. The van der Waals surface area contributed by atoms with E-state index in [1.54, 1.807) is 11.3 Å². The number of guanidine groups is 1. The summed E-state index contributed by atoms with van der Waals surface area (Å²) in [4.78, 5) is 16.1. The van der Waals surface area contributed by atoms with Gasteiger partial charge in [-0.15, -0.1) is 11.3 Å². The maximum absolute atomic E-state index is 4.74. The number of nitrogens with zero attached hydrogens (tertiary/aromatic N) is 4. The summed E-state index contributed by atoms with van der Waals surface area (Å²) in [6.07, 6.45) is 2.14. The Morgan fingerprint density at radius 2 is 2.00 bits per heavy atom. The van der Waals surface area contributed by atoms with Gasteiger partial charge in [0.15, 0.2) is 5.96 Å². The van der Waals surface area contributed by atoms with Crippen molar-refractivity contribution < 1.29 is 0 Å². The van der Waals surface area contributed by atoms with Crippen LogP contribution in [0, 0.1) is 6.92 Å². The standard InChI is InChI=1S/C21H32N6S/c1-15-7-6-8-18(24-15)27-11-9-16(10-12-27)25-20(22-5)23-13-19-26-17(14-28-19)21(2,3)4/h6-8,14,16H,9-13H2,1-5H3,(H2,22,23,25). The van der Waals surface area contributed by atoms with Gasteiger partial charge in [-0.2, -0.15) is 0 Å². The third-order valence-electron chi connectivity index (χ3n) is 4.98. The summed E-state index contributed by atoms with van der Waals surface area (Å²) in [5.74, 6) is 1.93. The Hall–Kier alpha value is -2.15. The van der Waals surface area contributed by atoms with Crippen molar-refractivity contribution in [1.29, 1.82) is 0 Å². The van der Waals surface area contributed by atoms with E-state index in [4.69, 9.17) is 4.98 Å². The summed E-state index contributed by atoms with van der Waals surface area (Å²) in [6, 6.07) is 6.65. The monoisotopic (exact) mass is 400 g/mol. The lowest BCUT2D eigenvalue weighted by Crippen LogP contribution is -2.48. The number of thiazole rings is 1. The topological polar surface area (TPSA) is 65.4 Å². The van der Waals surface area contributed by atoms with E-state index in [1.165, 1.54) is 0 Å². The molecule has 152 valence electrons. The number of rotatable bonds is 4. The van der Waals surface area contributed by atoms with Crippen LogP contribution in [0.15, 0.2) is 28.6 Å². The van der Waals surface area contributed by atoms with Gasteiger partial charge in [-0.05, 0) is 31.9 Å². The molecule has 0 aliphatic carbocycles. The minimum atomic E-state index is 0.0921. The molecule has 0 aromatic carbocycles. The van der Waals surface area contributed by atoms with Crippen LogP contribution in [-0.4, -0.2) is 42.1 Å². The van der Waals surface area contributed by atoms with Crippen LogP contribution in [-0.2, 0) is 12.0 Å². The molecule has 7 heteroatoms. The molecule has 0 radical (unpaired) electrons. The first-order valence-electron chi connectivity index (χ1n) is 9.96. The lowest BCUT2D eigenvalue weighted by atomic mass is 9.93. The van der Waals surface area contributed by atoms with Gasteiger partial charge in [-0.25, -0.2) is 9.97 Å². The van der Waals surface area contributed by atoms with E-state index in [9.17, 15) is 0 Å². The smallest absolute Gasteiger partial charge is 0.191 e. The summed E-state index contributed by atoms with van der Waals surface area (Å²) in [5, 5.41) is 10.2. The summed E-state index contributed by atoms with van der Waals surface area (Å²) in [7, 11) is 1.82. The Morgan fingerprint density at radius 1 is 1.25 bits per heavy atom. The number of hydrogen-bond donors (Lipinski definition) is 2. The first kappa shape index (κ1) is 20.6. The number of hydrogen-bond acceptors (Lipinski definition) is 5. The van der Waals surface area contributed by atoms with Crippen LogP contribution in [0.5, 0.6) is 0 Å². The summed E-state index contributed by atoms with van der Waals surface area (Å²) in [6.45, 7) is 11.3. The molecule has 3 heterocycles. The van der Waals surface area contributed by atoms with Crippen molar-refractivity contribution >= 4 is 23.1 Å². The molecule has 2 aromatic heterocycles. The second-order valence-corrected chi connectivity index (χ2v) is 9.29. The second kappa shape index (κ2) is 8.90. The molecule has 0 bridgehead atoms. The van der Waals surface area contributed by atoms with Gasteiger partial charge in [0.1, 0.15) is 10.8 Å². The van der Waals surface area contributed by atoms with E-state index in [0.29, 0.717) is 12.6 Å². The highest BCUT2D eigenvalue weighted by atomic mass is 32.1. The first-order valence-corrected chi connectivity index (χ1v) is 10.8. The number of aryl methyl sites for hydroxylation is 1. The van der Waals surface area contributed by atoms with Crippen LogP contribution in [0.1, 0.15) is 50.0 Å². The molecular weight excluding hydrogens is 368 g/mol. The lowest BCUT2D eigenvalue weighted by Gasteiger charge is -2.33. The van der Waals surface area contributed by atoms with E-state index in [1.807, 2.05) is 20.0 Å². The maximum atomic E-state index is 4.74. The van der Waals surface area contributed by atoms with Gasteiger partial charge >= 0.3 is 0 Å². The van der Waals surface area contributed by atoms with Crippen LogP contribution in [0.4, 0.5) is 5.82 Å². The van der Waals surface area contributed by atoms with Crippen molar-refractivity contribution in [3.8, 4) is 0 Å². The predicted octanol–water partition coefficient (Wildman–Crippen LogP) is 3.48. The van der Waals surface area contributed by atoms with Crippen LogP contribution in [0.3, 0.4) is 0 Å². The number of aliphatic imine (C=N–C) groups is 1. The van der Waals surface area contributed by atoms with Gasteiger partial charge in [0.25, 0.3) is 0 Å². The molecule has 2 aromatic rings. The van der Waals surface area contributed by atoms with Crippen LogP contribution in [0.25, 0.3) is 0 Å². The quantitative estimate of drug-likeness (QED) is 0.608. The third-order valence-corrected chi connectivity index (χ3v) is 5.83. The molecule has 0 spiro atoms. The molecular formula is C21H32N6S. The lowest BCUT2D eigenvalue weighted by molar-refractivity contribution is 0.459. The van der Waals surface area contributed by atoms with E-state index in [-0.39, 0.29) is 5.41 Å². The molecule has 1 saturated heterocycles. The molecule has 3 rings (SSSR count). The summed E-state index contributed by atoms with van der Waals surface area (Å²) >= 11 is 1.70. The zero-order valence-electron chi connectivity index (χ0n) is 17.6. The SMILES string of the molecule is CN=C(NCc1nc(C(C)(C)C)cs1)NC1CCN(c2cccc(C)n2)CC1. The Morgan fingerprint density at radius 3 is 2.61 bits per heavy atom. The van der Waals surface area contributed by atoms with Crippen LogP contribution in [0.2, 0.25) is 0 Å². The zero-order valence-corrected chi connectivity index (χ0v) is 18.4. The largest absolute Gasteiger partial charge is 0.356 e. The minimum absolute atomic E-state index is 0.0921. The minimum Gasteiger partial charge on any atom is -0.356 e. The van der Waals surface area contributed by atoms with Crippen molar-refractivity contribution in [1.82, 2.24) is 20.6 Å². The maximum Gasteiger partial charge on any atom is 0.191 e. The van der Waals surface area contributed by atoms with Crippen molar-refractivity contribution in [2.75, 3.05) is 25.0 Å². The molecule has 1 aliphatic rings. The summed E-state index contributed by atoms with van der Waals surface area (Å²) in [5.41, 5.74) is 2.31. The average Bonchev–Trinajstić information content (AvgIpc) is 3.15. The first-order chi connectivity index (χ1) is 13.3. The molecule has 1 fully saturated rings. The number of anilines is 1. The number of pyridine rings is 1. The fourth-order valence-electron chi connectivity index (χ4n) is 3.24.